The van der Waals surface area contributed by atoms with Gasteiger partial charge in [-0.3, -0.25) is 14.4 Å². The molecule has 1 atom stereocenters. The zero-order valence-corrected chi connectivity index (χ0v) is 19.8. The number of halogens is 1. The molecule has 1 aliphatic rings. The van der Waals surface area contributed by atoms with Crippen molar-refractivity contribution in [1.82, 2.24) is 4.90 Å². The molecule has 0 saturated carbocycles. The van der Waals surface area contributed by atoms with Crippen LogP contribution in [0, 0.1) is 0 Å². The van der Waals surface area contributed by atoms with Gasteiger partial charge in [0, 0.05) is 11.6 Å². The van der Waals surface area contributed by atoms with Crippen LogP contribution in [0.1, 0.15) is 27.9 Å². The molecule has 3 amide bonds. The highest BCUT2D eigenvalue weighted by Gasteiger charge is 2.44. The summed E-state index contributed by atoms with van der Waals surface area (Å²) in [5, 5.41) is 0.563. The van der Waals surface area contributed by atoms with Gasteiger partial charge in [0.15, 0.2) is 0 Å². The fraction of sp³-hybridized carbons (Fsp3) is 0.185. The predicted octanol–water partition coefficient (Wildman–Crippen LogP) is 4.03. The number of hydrogen-bond acceptors (Lipinski definition) is 5. The van der Waals surface area contributed by atoms with E-state index in [1.54, 1.807) is 24.3 Å². The van der Waals surface area contributed by atoms with Crippen LogP contribution < -0.4 is 4.90 Å². The van der Waals surface area contributed by atoms with E-state index in [2.05, 4.69) is 0 Å². The average molecular weight is 491 g/mol. The molecule has 1 saturated heterocycles. The Morgan fingerprint density at radius 2 is 1.60 bits per heavy atom. The number of nitrogens with zero attached hydrogens (tertiary/aromatic N) is 2. The van der Waals surface area contributed by atoms with Crippen molar-refractivity contribution in [2.75, 3.05) is 12.0 Å². The Labute approximate surface area is 207 Å². The lowest BCUT2D eigenvalue weighted by atomic mass is 10.1. The largest absolute Gasteiger partial charge is 0.465 e. The van der Waals surface area contributed by atoms with Crippen molar-refractivity contribution in [1.29, 1.82) is 0 Å². The third-order valence-electron chi connectivity index (χ3n) is 5.83. The Morgan fingerprint density at radius 1 is 0.943 bits per heavy atom. The molecule has 0 bridgehead atoms. The third-order valence-corrected chi connectivity index (χ3v) is 6.08. The quantitative estimate of drug-likeness (QED) is 0.369. The van der Waals surface area contributed by atoms with Gasteiger partial charge in [-0.1, -0.05) is 54.1 Å². The van der Waals surface area contributed by atoms with Crippen LogP contribution in [0.4, 0.5) is 5.69 Å². The second-order valence-corrected chi connectivity index (χ2v) is 8.57. The molecule has 178 valence electrons. The zero-order valence-electron chi connectivity index (χ0n) is 19.0. The van der Waals surface area contributed by atoms with Crippen LogP contribution in [0.3, 0.4) is 0 Å². The SMILES string of the molecule is COC(=O)c1ccc(N2C(=O)CC(N(Cc3ccccc3)C(=O)Cc3ccc(Cl)cc3)C2=O)cc1. The smallest absolute Gasteiger partial charge is 0.337 e. The van der Waals surface area contributed by atoms with Gasteiger partial charge in [0.25, 0.3) is 5.91 Å². The molecule has 0 spiro atoms. The van der Waals surface area contributed by atoms with Gasteiger partial charge in [0.05, 0.1) is 31.2 Å². The summed E-state index contributed by atoms with van der Waals surface area (Å²) >= 11 is 5.96. The molecule has 8 heteroatoms. The number of carbonyl (C=O) groups is 4. The van der Waals surface area contributed by atoms with Crippen molar-refractivity contribution in [2.45, 2.75) is 25.4 Å². The second kappa shape index (κ2) is 10.5. The first-order chi connectivity index (χ1) is 16.9. The summed E-state index contributed by atoms with van der Waals surface area (Å²) in [5.74, 6) is -1.69. The molecule has 1 heterocycles. The molecular weight excluding hydrogens is 468 g/mol. The number of methoxy groups -OCH3 is 1. The summed E-state index contributed by atoms with van der Waals surface area (Å²) < 4.78 is 4.69. The molecule has 0 aliphatic carbocycles. The molecule has 35 heavy (non-hydrogen) atoms. The maximum absolute atomic E-state index is 13.4. The lowest BCUT2D eigenvalue weighted by Crippen LogP contribution is -2.45. The summed E-state index contributed by atoms with van der Waals surface area (Å²) in [6, 6.07) is 21.3. The van der Waals surface area contributed by atoms with E-state index in [0.717, 1.165) is 16.0 Å². The number of carbonyl (C=O) groups excluding carboxylic acids is 4. The van der Waals surface area contributed by atoms with Gasteiger partial charge in [-0.05, 0) is 47.5 Å². The van der Waals surface area contributed by atoms with Crippen LogP contribution in [-0.4, -0.2) is 41.7 Å². The highest BCUT2D eigenvalue weighted by atomic mass is 35.5. The Balaban J connectivity index is 1.60. The van der Waals surface area contributed by atoms with E-state index in [4.69, 9.17) is 16.3 Å². The highest BCUT2D eigenvalue weighted by molar-refractivity contribution is 6.30. The lowest BCUT2D eigenvalue weighted by Gasteiger charge is -2.28. The maximum atomic E-state index is 13.4. The average Bonchev–Trinajstić information content (AvgIpc) is 3.17. The predicted molar refractivity (Wildman–Crippen MR) is 131 cm³/mol. The Bertz CT molecular complexity index is 1240. The van der Waals surface area contributed by atoms with Crippen molar-refractivity contribution in [2.24, 2.45) is 0 Å². The third kappa shape index (κ3) is 5.41. The molecule has 3 aromatic rings. The number of benzene rings is 3. The van der Waals surface area contributed by atoms with E-state index in [-0.39, 0.29) is 25.3 Å². The van der Waals surface area contributed by atoms with Crippen molar-refractivity contribution in [3.63, 3.8) is 0 Å². The fourth-order valence-electron chi connectivity index (χ4n) is 4.03. The van der Waals surface area contributed by atoms with Gasteiger partial charge in [-0.25, -0.2) is 9.69 Å². The molecule has 0 radical (unpaired) electrons. The van der Waals surface area contributed by atoms with Gasteiger partial charge >= 0.3 is 5.97 Å². The molecule has 7 nitrogen and oxygen atoms in total. The molecule has 1 aliphatic heterocycles. The number of rotatable bonds is 7. The number of anilines is 1. The van der Waals surface area contributed by atoms with Crippen LogP contribution >= 0.6 is 11.6 Å². The molecule has 4 rings (SSSR count). The molecule has 1 unspecified atom stereocenters. The molecule has 3 aromatic carbocycles. The second-order valence-electron chi connectivity index (χ2n) is 8.14. The lowest BCUT2D eigenvalue weighted by molar-refractivity contribution is -0.138. The van der Waals surface area contributed by atoms with Crippen LogP contribution in [0.15, 0.2) is 78.9 Å². The van der Waals surface area contributed by atoms with Crippen LogP contribution in [0.5, 0.6) is 0 Å². The van der Waals surface area contributed by atoms with Crippen LogP contribution in [0.25, 0.3) is 0 Å². The molecule has 0 aromatic heterocycles. The maximum Gasteiger partial charge on any atom is 0.337 e. The van der Waals surface area contributed by atoms with Crippen LogP contribution in [0.2, 0.25) is 5.02 Å². The standard InChI is InChI=1S/C27H23ClN2O5/c1-35-27(34)20-9-13-22(14-10-20)30-25(32)16-23(26(30)33)29(17-19-5-3-2-4-6-19)24(31)15-18-7-11-21(28)12-8-18/h2-14,23H,15-17H2,1H3. The fourth-order valence-corrected chi connectivity index (χ4v) is 4.15. The minimum atomic E-state index is -0.942. The van der Waals surface area contributed by atoms with Crippen molar-refractivity contribution >= 4 is 41.0 Å². The van der Waals surface area contributed by atoms with Gasteiger partial charge < -0.3 is 9.64 Å². The van der Waals surface area contributed by atoms with E-state index in [1.807, 2.05) is 30.3 Å². The van der Waals surface area contributed by atoms with E-state index in [1.165, 1.54) is 36.3 Å². The summed E-state index contributed by atoms with van der Waals surface area (Å²) in [6.07, 6.45) is -0.0629. The Hall–Kier alpha value is -3.97. The van der Waals surface area contributed by atoms with Crippen molar-refractivity contribution in [3.8, 4) is 0 Å². The van der Waals surface area contributed by atoms with E-state index in [9.17, 15) is 19.2 Å². The van der Waals surface area contributed by atoms with Gasteiger partial charge in [0.2, 0.25) is 11.8 Å². The number of imide groups is 1. The number of amides is 3. The van der Waals surface area contributed by atoms with E-state index in [0.29, 0.717) is 16.3 Å². The molecular formula is C27H23ClN2O5. The van der Waals surface area contributed by atoms with Crippen LogP contribution in [-0.2, 0) is 32.1 Å². The monoisotopic (exact) mass is 490 g/mol. The normalized spacial score (nSPS) is 15.3. The first kappa shape index (κ1) is 24.2. The van der Waals surface area contributed by atoms with Gasteiger partial charge in [-0.2, -0.15) is 0 Å². The van der Waals surface area contributed by atoms with E-state index < -0.39 is 23.8 Å². The van der Waals surface area contributed by atoms with Gasteiger partial charge in [0.1, 0.15) is 6.04 Å². The number of esters is 1. The summed E-state index contributed by atoms with van der Waals surface area (Å²) in [5.41, 5.74) is 2.23. The van der Waals surface area contributed by atoms with E-state index >= 15 is 0 Å². The first-order valence-corrected chi connectivity index (χ1v) is 11.4. The summed E-state index contributed by atoms with van der Waals surface area (Å²) in [4.78, 5) is 54.0. The molecule has 1 fully saturated rings. The number of ether oxygens (including phenoxy) is 1. The van der Waals surface area contributed by atoms with Crippen molar-refractivity contribution < 1.29 is 23.9 Å². The topological polar surface area (TPSA) is 84.0 Å². The molecule has 0 N–H and O–H groups in total. The van der Waals surface area contributed by atoms with Gasteiger partial charge in [-0.15, -0.1) is 0 Å². The first-order valence-electron chi connectivity index (χ1n) is 11.0. The Kier molecular flexibility index (Phi) is 7.27. The Morgan fingerprint density at radius 3 is 2.23 bits per heavy atom. The highest BCUT2D eigenvalue weighted by Crippen LogP contribution is 2.28. The number of hydrogen-bond donors (Lipinski definition) is 0. The summed E-state index contributed by atoms with van der Waals surface area (Å²) in [7, 11) is 1.27. The summed E-state index contributed by atoms with van der Waals surface area (Å²) in [6.45, 7) is 0.187. The van der Waals surface area contributed by atoms with Crippen molar-refractivity contribution in [3.05, 3.63) is 101 Å². The minimum absolute atomic E-state index is 0.0653. The minimum Gasteiger partial charge on any atom is -0.465 e. The zero-order chi connectivity index (χ0) is 24.9.